The topological polar surface area (TPSA) is 55.4 Å². The van der Waals surface area contributed by atoms with Crippen LogP contribution in [-0.4, -0.2) is 23.7 Å². The summed E-state index contributed by atoms with van der Waals surface area (Å²) < 4.78 is 18.1. The van der Waals surface area contributed by atoms with E-state index in [0.29, 0.717) is 10.8 Å². The van der Waals surface area contributed by atoms with Crippen LogP contribution in [0.2, 0.25) is 10.0 Å². The number of halogens is 3. The maximum absolute atomic E-state index is 13.0. The van der Waals surface area contributed by atoms with E-state index in [4.69, 9.17) is 27.9 Å². The fourth-order valence-electron chi connectivity index (χ4n) is 1.92. The van der Waals surface area contributed by atoms with Gasteiger partial charge in [-0.05, 0) is 49.4 Å². The van der Waals surface area contributed by atoms with Gasteiger partial charge in [-0.2, -0.15) is 0 Å². The largest absolute Gasteiger partial charge is 0.453 e. The highest BCUT2D eigenvalue weighted by Crippen LogP contribution is 2.23. The third-order valence-electron chi connectivity index (χ3n) is 3.26. The molecule has 2 aromatic carbocycles. The SMILES string of the molecule is CC(OC(=O)CCSc1ccc(Cl)cc1)C(=O)Nc1ccc(F)cc1Cl. The summed E-state index contributed by atoms with van der Waals surface area (Å²) >= 11 is 13.1. The summed E-state index contributed by atoms with van der Waals surface area (Å²) in [5, 5.41) is 3.21. The van der Waals surface area contributed by atoms with Gasteiger partial charge in [-0.15, -0.1) is 11.8 Å². The molecule has 0 aliphatic rings. The monoisotopic (exact) mass is 415 g/mol. The Morgan fingerprint density at radius 3 is 2.54 bits per heavy atom. The Morgan fingerprint density at radius 1 is 1.19 bits per heavy atom. The maximum atomic E-state index is 13.0. The Bertz CT molecular complexity index is 787. The molecule has 0 saturated heterocycles. The van der Waals surface area contributed by atoms with Crippen molar-refractivity contribution in [3.05, 3.63) is 58.3 Å². The molecule has 26 heavy (non-hydrogen) atoms. The molecule has 0 heterocycles. The zero-order chi connectivity index (χ0) is 19.1. The minimum Gasteiger partial charge on any atom is -0.453 e. The number of carbonyl (C=O) groups excluding carboxylic acids is 2. The molecule has 8 heteroatoms. The van der Waals surface area contributed by atoms with Crippen molar-refractivity contribution >= 4 is 52.5 Å². The van der Waals surface area contributed by atoms with Crippen LogP contribution in [0.15, 0.2) is 47.4 Å². The zero-order valence-electron chi connectivity index (χ0n) is 13.8. The van der Waals surface area contributed by atoms with E-state index in [2.05, 4.69) is 5.32 Å². The third kappa shape index (κ3) is 6.52. The van der Waals surface area contributed by atoms with Crippen LogP contribution in [0.3, 0.4) is 0 Å². The van der Waals surface area contributed by atoms with Gasteiger partial charge in [-0.1, -0.05) is 23.2 Å². The number of hydrogen-bond donors (Lipinski definition) is 1. The van der Waals surface area contributed by atoms with Crippen molar-refractivity contribution in [1.29, 1.82) is 0 Å². The highest BCUT2D eigenvalue weighted by atomic mass is 35.5. The molecule has 0 aromatic heterocycles. The molecule has 0 spiro atoms. The number of benzene rings is 2. The molecule has 1 N–H and O–H groups in total. The maximum Gasteiger partial charge on any atom is 0.307 e. The smallest absolute Gasteiger partial charge is 0.307 e. The number of ether oxygens (including phenoxy) is 1. The molecule has 1 amide bonds. The van der Waals surface area contributed by atoms with Crippen LogP contribution in [0.1, 0.15) is 13.3 Å². The molecular weight excluding hydrogens is 400 g/mol. The van der Waals surface area contributed by atoms with Crippen LogP contribution in [0.25, 0.3) is 0 Å². The first-order valence-electron chi connectivity index (χ1n) is 7.69. The van der Waals surface area contributed by atoms with Crippen LogP contribution in [0, 0.1) is 5.82 Å². The molecule has 0 saturated carbocycles. The molecule has 138 valence electrons. The highest BCUT2D eigenvalue weighted by Gasteiger charge is 2.18. The van der Waals surface area contributed by atoms with Gasteiger partial charge in [0.1, 0.15) is 5.82 Å². The molecule has 0 bridgehead atoms. The second kappa shape index (κ2) is 9.80. The van der Waals surface area contributed by atoms with Gasteiger partial charge in [0.25, 0.3) is 5.91 Å². The van der Waals surface area contributed by atoms with Gasteiger partial charge < -0.3 is 10.1 Å². The predicted molar refractivity (Wildman–Crippen MR) is 102 cm³/mol. The summed E-state index contributed by atoms with van der Waals surface area (Å²) in [6.07, 6.45) is -0.841. The van der Waals surface area contributed by atoms with Crippen LogP contribution in [0.4, 0.5) is 10.1 Å². The number of rotatable bonds is 7. The lowest BCUT2D eigenvalue weighted by atomic mass is 10.3. The molecule has 0 radical (unpaired) electrons. The number of anilines is 1. The molecule has 0 aliphatic carbocycles. The first-order valence-corrected chi connectivity index (χ1v) is 9.43. The molecular formula is C18H16Cl2FNO3S. The van der Waals surface area contributed by atoms with Crippen LogP contribution in [0.5, 0.6) is 0 Å². The molecule has 4 nitrogen and oxygen atoms in total. The molecule has 2 aromatic rings. The van der Waals surface area contributed by atoms with E-state index in [0.717, 1.165) is 11.0 Å². The quantitative estimate of drug-likeness (QED) is 0.499. The first-order chi connectivity index (χ1) is 12.3. The number of carbonyl (C=O) groups is 2. The van der Waals surface area contributed by atoms with E-state index >= 15 is 0 Å². The number of thioether (sulfide) groups is 1. The summed E-state index contributed by atoms with van der Waals surface area (Å²) in [7, 11) is 0. The van der Waals surface area contributed by atoms with Gasteiger partial charge in [0.15, 0.2) is 6.10 Å². The molecule has 2 rings (SSSR count). The number of nitrogens with one attached hydrogen (secondary N) is 1. The average molecular weight is 416 g/mol. The Labute approximate surface area is 165 Å². The van der Waals surface area contributed by atoms with Crippen molar-refractivity contribution in [2.45, 2.75) is 24.3 Å². The van der Waals surface area contributed by atoms with E-state index in [-0.39, 0.29) is 17.1 Å². The Kier molecular flexibility index (Phi) is 7.75. The Morgan fingerprint density at radius 2 is 1.88 bits per heavy atom. The second-order valence-corrected chi connectivity index (χ2v) is 7.31. The van der Waals surface area contributed by atoms with Crippen molar-refractivity contribution in [1.82, 2.24) is 0 Å². The molecule has 0 aliphatic heterocycles. The molecule has 0 fully saturated rings. The summed E-state index contributed by atoms with van der Waals surface area (Å²) in [5.41, 5.74) is 0.249. The van der Waals surface area contributed by atoms with Gasteiger partial charge >= 0.3 is 5.97 Å². The van der Waals surface area contributed by atoms with Crippen LogP contribution in [-0.2, 0) is 14.3 Å². The first kappa shape index (κ1) is 20.6. The summed E-state index contributed by atoms with van der Waals surface area (Å²) in [5.74, 6) is -1.03. The van der Waals surface area contributed by atoms with Gasteiger partial charge in [-0.3, -0.25) is 9.59 Å². The van der Waals surface area contributed by atoms with E-state index in [1.165, 1.54) is 30.8 Å². The Balaban J connectivity index is 1.76. The Hall–Kier alpha value is -1.76. The van der Waals surface area contributed by atoms with E-state index in [1.807, 2.05) is 12.1 Å². The van der Waals surface area contributed by atoms with E-state index in [1.54, 1.807) is 12.1 Å². The van der Waals surface area contributed by atoms with Crippen molar-refractivity contribution in [3.8, 4) is 0 Å². The third-order valence-corrected chi connectivity index (χ3v) is 4.83. The van der Waals surface area contributed by atoms with Gasteiger partial charge in [0.05, 0.1) is 17.1 Å². The minimum absolute atomic E-state index is 0.0660. The minimum atomic E-state index is -0.996. The zero-order valence-corrected chi connectivity index (χ0v) is 16.1. The second-order valence-electron chi connectivity index (χ2n) is 5.30. The summed E-state index contributed by atoms with van der Waals surface area (Å²) in [6, 6.07) is 10.9. The van der Waals surface area contributed by atoms with Crippen molar-refractivity contribution in [2.75, 3.05) is 11.1 Å². The lowest BCUT2D eigenvalue weighted by Crippen LogP contribution is -2.30. The van der Waals surface area contributed by atoms with Gasteiger partial charge in [0.2, 0.25) is 0 Å². The lowest BCUT2D eigenvalue weighted by Gasteiger charge is -2.14. The highest BCUT2D eigenvalue weighted by molar-refractivity contribution is 7.99. The fraction of sp³-hybridized carbons (Fsp3) is 0.222. The van der Waals surface area contributed by atoms with E-state index in [9.17, 15) is 14.0 Å². The van der Waals surface area contributed by atoms with E-state index < -0.39 is 23.8 Å². The average Bonchev–Trinajstić information content (AvgIpc) is 2.59. The van der Waals surface area contributed by atoms with Crippen molar-refractivity contribution in [2.24, 2.45) is 0 Å². The lowest BCUT2D eigenvalue weighted by molar-refractivity contribution is -0.152. The van der Waals surface area contributed by atoms with Crippen molar-refractivity contribution < 1.29 is 18.7 Å². The fourth-order valence-corrected chi connectivity index (χ4v) is 3.09. The summed E-state index contributed by atoms with van der Waals surface area (Å²) in [4.78, 5) is 24.9. The number of esters is 1. The van der Waals surface area contributed by atoms with Crippen molar-refractivity contribution in [3.63, 3.8) is 0 Å². The summed E-state index contributed by atoms with van der Waals surface area (Å²) in [6.45, 7) is 1.46. The van der Waals surface area contributed by atoms with Gasteiger partial charge in [-0.25, -0.2) is 4.39 Å². The van der Waals surface area contributed by atoms with Gasteiger partial charge in [0, 0.05) is 15.7 Å². The molecule has 1 unspecified atom stereocenters. The predicted octanol–water partition coefficient (Wildman–Crippen LogP) is 5.19. The number of amides is 1. The van der Waals surface area contributed by atoms with Crippen LogP contribution >= 0.6 is 35.0 Å². The standard InChI is InChI=1S/C18H16Cl2FNO3S/c1-11(18(24)22-16-7-4-13(21)10-15(16)20)25-17(23)8-9-26-14-5-2-12(19)3-6-14/h2-7,10-11H,8-9H2,1H3,(H,22,24). The molecule has 1 atom stereocenters. The number of hydrogen-bond acceptors (Lipinski definition) is 4. The normalized spacial score (nSPS) is 11.7. The van der Waals surface area contributed by atoms with Crippen LogP contribution < -0.4 is 5.32 Å².